The summed E-state index contributed by atoms with van der Waals surface area (Å²) in [5.74, 6) is -0.825. The average molecular weight is 288 g/mol. The van der Waals surface area contributed by atoms with E-state index in [2.05, 4.69) is 15.3 Å². The van der Waals surface area contributed by atoms with Crippen molar-refractivity contribution in [2.45, 2.75) is 31.2 Å². The highest BCUT2D eigenvalue weighted by Crippen LogP contribution is 2.39. The summed E-state index contributed by atoms with van der Waals surface area (Å²) >= 11 is 0. The maximum atomic E-state index is 12.0. The van der Waals surface area contributed by atoms with E-state index in [-0.39, 0.29) is 5.69 Å². The van der Waals surface area contributed by atoms with Gasteiger partial charge in [-0.2, -0.15) is 0 Å². The van der Waals surface area contributed by atoms with Gasteiger partial charge in [0.15, 0.2) is 0 Å². The molecule has 0 atom stereocenters. The first-order valence-electron chi connectivity index (χ1n) is 6.06. The third-order valence-electron chi connectivity index (χ3n) is 3.24. The summed E-state index contributed by atoms with van der Waals surface area (Å²) in [6.45, 7) is -0.736. The van der Waals surface area contributed by atoms with Gasteiger partial charge >= 0.3 is 12.0 Å². The molecule has 4 N–H and O–H groups in total. The zero-order valence-corrected chi connectivity index (χ0v) is 10.4. The van der Waals surface area contributed by atoms with Crippen molar-refractivity contribution >= 4 is 12.0 Å². The van der Waals surface area contributed by atoms with E-state index in [1.54, 1.807) is 0 Å². The van der Waals surface area contributed by atoms with Crippen molar-refractivity contribution in [1.29, 1.82) is 0 Å². The van der Waals surface area contributed by atoms with Gasteiger partial charge in [-0.1, -0.05) is 0 Å². The van der Waals surface area contributed by atoms with E-state index in [9.17, 15) is 18.4 Å². The second-order valence-corrected chi connectivity index (χ2v) is 4.61. The maximum Gasteiger partial charge on any atom is 0.353 e. The zero-order chi connectivity index (χ0) is 14.8. The minimum absolute atomic E-state index is 0.0823. The number of imidazole rings is 1. The number of halogens is 2. The number of hydrogen-bond acceptors (Lipinski definition) is 3. The highest BCUT2D eigenvalue weighted by atomic mass is 19.3. The van der Waals surface area contributed by atoms with Gasteiger partial charge in [0, 0.05) is 0 Å². The number of H-pyrrole nitrogens is 1. The summed E-state index contributed by atoms with van der Waals surface area (Å²) in [6.07, 6.45) is 0.512. The Hall–Kier alpha value is -2.19. The van der Waals surface area contributed by atoms with Crippen molar-refractivity contribution in [3.05, 3.63) is 17.7 Å². The third-order valence-corrected chi connectivity index (χ3v) is 3.24. The summed E-state index contributed by atoms with van der Waals surface area (Å²) < 4.78 is 24.0. The molecule has 1 aliphatic rings. The summed E-state index contributed by atoms with van der Waals surface area (Å²) in [7, 11) is 0. The third kappa shape index (κ3) is 2.86. The van der Waals surface area contributed by atoms with Crippen LogP contribution in [0.1, 0.15) is 35.6 Å². The number of nitrogens with zero attached hydrogens (tertiary/aromatic N) is 1. The van der Waals surface area contributed by atoms with E-state index in [1.807, 2.05) is 5.32 Å². The number of urea groups is 1. The number of carboxylic acids is 1. The lowest BCUT2D eigenvalue weighted by atomic mass is 9.76. The fourth-order valence-corrected chi connectivity index (χ4v) is 2.06. The van der Waals surface area contributed by atoms with Crippen LogP contribution >= 0.6 is 0 Å². The molecule has 1 aliphatic carbocycles. The standard InChI is InChI=1S/C11H14F2N4O3/c12-7(13)5-15-10(20)17-11(2-1-3-11)9-14-4-6(16-9)8(18)19/h4,7H,1-3,5H2,(H,14,16)(H,18,19)(H2,15,17,20). The fraction of sp³-hybridized carbons (Fsp3) is 0.545. The van der Waals surface area contributed by atoms with Gasteiger partial charge in [0.2, 0.25) is 0 Å². The Balaban J connectivity index is 2.05. The smallest absolute Gasteiger partial charge is 0.353 e. The first-order chi connectivity index (χ1) is 9.43. The van der Waals surface area contributed by atoms with Gasteiger partial charge in [-0.25, -0.2) is 23.4 Å². The molecule has 1 fully saturated rings. The molecule has 7 nitrogen and oxygen atoms in total. The molecule has 9 heteroatoms. The molecule has 0 bridgehead atoms. The van der Waals surface area contributed by atoms with Crippen LogP contribution in [0.5, 0.6) is 0 Å². The van der Waals surface area contributed by atoms with Crippen molar-refractivity contribution in [3.63, 3.8) is 0 Å². The van der Waals surface area contributed by atoms with Crippen LogP contribution in [0, 0.1) is 0 Å². The van der Waals surface area contributed by atoms with Gasteiger partial charge in [0.1, 0.15) is 11.5 Å². The molecule has 0 spiro atoms. The van der Waals surface area contributed by atoms with Crippen LogP contribution < -0.4 is 10.6 Å². The van der Waals surface area contributed by atoms with E-state index in [0.29, 0.717) is 18.7 Å². The van der Waals surface area contributed by atoms with Gasteiger partial charge in [-0.05, 0) is 19.3 Å². The lowest BCUT2D eigenvalue weighted by Crippen LogP contribution is -2.55. The number of hydrogen-bond donors (Lipinski definition) is 4. The Bertz CT molecular complexity index is 514. The quantitative estimate of drug-likeness (QED) is 0.649. The van der Waals surface area contributed by atoms with Gasteiger partial charge in [-0.3, -0.25) is 0 Å². The number of rotatable bonds is 5. The maximum absolute atomic E-state index is 12.0. The lowest BCUT2D eigenvalue weighted by Gasteiger charge is -2.40. The summed E-state index contributed by atoms with van der Waals surface area (Å²) in [4.78, 5) is 28.9. The van der Waals surface area contributed by atoms with Crippen molar-refractivity contribution in [2.75, 3.05) is 6.54 Å². The number of nitrogens with one attached hydrogen (secondary N) is 3. The molecule has 1 saturated carbocycles. The van der Waals surface area contributed by atoms with Crippen molar-refractivity contribution in [1.82, 2.24) is 20.6 Å². The van der Waals surface area contributed by atoms with E-state index >= 15 is 0 Å². The number of amides is 2. The number of aromatic amines is 1. The number of aromatic nitrogens is 2. The first kappa shape index (κ1) is 14.2. The SMILES string of the molecule is O=C(NCC(F)F)NC1(c2ncc(C(=O)O)[nH]2)CCC1. The molecule has 1 aromatic rings. The molecule has 2 amide bonds. The molecule has 0 saturated heterocycles. The molecular formula is C11H14F2N4O3. The summed E-state index contributed by atoms with van der Waals surface area (Å²) in [5.41, 5.74) is -0.888. The second-order valence-electron chi connectivity index (χ2n) is 4.61. The van der Waals surface area contributed by atoms with E-state index < -0.39 is 30.5 Å². The van der Waals surface area contributed by atoms with Gasteiger partial charge in [0.05, 0.1) is 18.3 Å². The van der Waals surface area contributed by atoms with Crippen LogP contribution in [-0.2, 0) is 5.54 Å². The number of carboxylic acid groups (broad SMARTS) is 1. The van der Waals surface area contributed by atoms with Crippen LogP contribution in [0.15, 0.2) is 6.20 Å². The molecule has 1 heterocycles. The van der Waals surface area contributed by atoms with E-state index in [4.69, 9.17) is 5.11 Å². The number of aromatic carboxylic acids is 1. The highest BCUT2D eigenvalue weighted by molar-refractivity contribution is 5.85. The molecule has 0 aromatic carbocycles. The largest absolute Gasteiger partial charge is 0.477 e. The number of alkyl halides is 2. The van der Waals surface area contributed by atoms with Crippen molar-refractivity contribution < 1.29 is 23.5 Å². The van der Waals surface area contributed by atoms with E-state index in [0.717, 1.165) is 12.6 Å². The van der Waals surface area contributed by atoms with E-state index in [1.165, 1.54) is 0 Å². The predicted octanol–water partition coefficient (Wildman–Crippen LogP) is 1.05. The Labute approximate surface area is 112 Å². The van der Waals surface area contributed by atoms with Crippen molar-refractivity contribution in [2.24, 2.45) is 0 Å². The van der Waals surface area contributed by atoms with Gasteiger partial charge in [0.25, 0.3) is 6.43 Å². The molecular weight excluding hydrogens is 274 g/mol. The van der Waals surface area contributed by atoms with Crippen LogP contribution in [0.3, 0.4) is 0 Å². The Morgan fingerprint density at radius 2 is 2.20 bits per heavy atom. The predicted molar refractivity (Wildman–Crippen MR) is 63.6 cm³/mol. The number of carbonyl (C=O) groups is 2. The zero-order valence-electron chi connectivity index (χ0n) is 10.4. The van der Waals surface area contributed by atoms with Gasteiger partial charge < -0.3 is 20.7 Å². The molecule has 1 aromatic heterocycles. The minimum Gasteiger partial charge on any atom is -0.477 e. The highest BCUT2D eigenvalue weighted by Gasteiger charge is 2.43. The Morgan fingerprint density at radius 1 is 1.50 bits per heavy atom. The average Bonchev–Trinajstić information content (AvgIpc) is 2.81. The monoisotopic (exact) mass is 288 g/mol. The molecule has 110 valence electrons. The fourth-order valence-electron chi connectivity index (χ4n) is 2.06. The molecule has 20 heavy (non-hydrogen) atoms. The summed E-state index contributed by atoms with van der Waals surface area (Å²) in [6, 6.07) is -0.724. The molecule has 2 rings (SSSR count). The Morgan fingerprint density at radius 3 is 2.65 bits per heavy atom. The van der Waals surface area contributed by atoms with Gasteiger partial charge in [-0.15, -0.1) is 0 Å². The molecule has 0 radical (unpaired) electrons. The number of carbonyl (C=O) groups excluding carboxylic acids is 1. The van der Waals surface area contributed by atoms with Crippen molar-refractivity contribution in [3.8, 4) is 0 Å². The van der Waals surface area contributed by atoms with Crippen LogP contribution in [0.4, 0.5) is 13.6 Å². The minimum atomic E-state index is -2.62. The van der Waals surface area contributed by atoms with Crippen LogP contribution in [-0.4, -0.2) is 40.0 Å². The normalized spacial score (nSPS) is 16.6. The molecule has 0 unspecified atom stereocenters. The molecule has 0 aliphatic heterocycles. The van der Waals surface area contributed by atoms with Crippen LogP contribution in [0.2, 0.25) is 0 Å². The summed E-state index contributed by atoms with van der Waals surface area (Å²) in [5, 5.41) is 13.5. The Kier molecular flexibility index (Phi) is 3.86. The van der Waals surface area contributed by atoms with Crippen LogP contribution in [0.25, 0.3) is 0 Å². The topological polar surface area (TPSA) is 107 Å². The second kappa shape index (κ2) is 5.43. The first-order valence-corrected chi connectivity index (χ1v) is 6.06. The lowest BCUT2D eigenvalue weighted by molar-refractivity contribution is 0.0690.